The first-order chi connectivity index (χ1) is 14.3. The first kappa shape index (κ1) is 21.2. The summed E-state index contributed by atoms with van der Waals surface area (Å²) in [5.74, 6) is -1.89. The van der Waals surface area contributed by atoms with Gasteiger partial charge >= 0.3 is 0 Å². The molecule has 30 heavy (non-hydrogen) atoms. The third kappa shape index (κ3) is 4.08. The van der Waals surface area contributed by atoms with E-state index in [1.165, 1.54) is 27.4 Å². The average molecular weight is 455 g/mol. The topological polar surface area (TPSA) is 57.7 Å². The van der Waals surface area contributed by atoms with Crippen molar-refractivity contribution < 1.29 is 22.0 Å². The third-order valence-electron chi connectivity index (χ3n) is 5.50. The molecule has 160 valence electrons. The van der Waals surface area contributed by atoms with Gasteiger partial charge in [0.1, 0.15) is 16.5 Å². The number of sulfonamides is 1. The highest BCUT2D eigenvalue weighted by molar-refractivity contribution is 7.89. The Morgan fingerprint density at radius 2 is 1.80 bits per heavy atom. The van der Waals surface area contributed by atoms with Crippen molar-refractivity contribution in [2.75, 3.05) is 13.1 Å². The summed E-state index contributed by atoms with van der Waals surface area (Å²) in [5, 5.41) is 0.213. The van der Waals surface area contributed by atoms with Crippen molar-refractivity contribution in [3.63, 3.8) is 0 Å². The van der Waals surface area contributed by atoms with Crippen LogP contribution in [0.15, 0.2) is 41.3 Å². The number of hydrogen-bond acceptors (Lipinski definition) is 3. The summed E-state index contributed by atoms with van der Waals surface area (Å²) in [6.07, 6.45) is 2.96. The van der Waals surface area contributed by atoms with Gasteiger partial charge in [0.05, 0.1) is 6.54 Å². The standard InChI is InChI=1S/C21H21ClF2N2O3S/c22-17-4-3-5-18(23)16(17)13-26(15-7-8-15)21(27)14-6-9-19(24)20(12-14)30(28,29)25-10-1-2-11-25/h3-6,9,12,15H,1-2,7-8,10-11,13H2. The Labute approximate surface area is 179 Å². The van der Waals surface area contributed by atoms with Crippen molar-refractivity contribution in [1.82, 2.24) is 9.21 Å². The van der Waals surface area contributed by atoms with Gasteiger partial charge in [-0.2, -0.15) is 4.31 Å². The number of carbonyl (C=O) groups excluding carboxylic acids is 1. The molecule has 0 spiro atoms. The molecule has 1 amide bonds. The Balaban J connectivity index is 1.66. The van der Waals surface area contributed by atoms with Crippen molar-refractivity contribution in [2.45, 2.75) is 43.2 Å². The van der Waals surface area contributed by atoms with Crippen molar-refractivity contribution >= 4 is 27.5 Å². The summed E-state index contributed by atoms with van der Waals surface area (Å²) >= 11 is 6.12. The molecule has 1 aliphatic heterocycles. The maximum Gasteiger partial charge on any atom is 0.254 e. The highest BCUT2D eigenvalue weighted by Crippen LogP contribution is 2.33. The van der Waals surface area contributed by atoms with Crippen LogP contribution < -0.4 is 0 Å². The van der Waals surface area contributed by atoms with Crippen LogP contribution in [0.1, 0.15) is 41.6 Å². The zero-order valence-electron chi connectivity index (χ0n) is 16.2. The van der Waals surface area contributed by atoms with Gasteiger partial charge in [-0.25, -0.2) is 17.2 Å². The van der Waals surface area contributed by atoms with Crippen LogP contribution in [0.2, 0.25) is 5.02 Å². The number of nitrogens with zero attached hydrogens (tertiary/aromatic N) is 2. The summed E-state index contributed by atoms with van der Waals surface area (Å²) in [7, 11) is -4.02. The molecule has 2 aliphatic rings. The van der Waals surface area contributed by atoms with Gasteiger partial charge in [0.25, 0.3) is 5.91 Å². The van der Waals surface area contributed by atoms with Crippen LogP contribution in [0.3, 0.4) is 0 Å². The Hall–Kier alpha value is -2.03. The van der Waals surface area contributed by atoms with E-state index in [1.54, 1.807) is 6.07 Å². The van der Waals surface area contributed by atoms with E-state index in [2.05, 4.69) is 0 Å². The molecule has 5 nitrogen and oxygen atoms in total. The fourth-order valence-electron chi connectivity index (χ4n) is 3.67. The van der Waals surface area contributed by atoms with Gasteiger partial charge in [0.15, 0.2) is 0 Å². The van der Waals surface area contributed by atoms with Crippen molar-refractivity contribution in [2.24, 2.45) is 0 Å². The molecule has 1 saturated carbocycles. The van der Waals surface area contributed by atoms with Gasteiger partial charge in [0, 0.05) is 35.3 Å². The van der Waals surface area contributed by atoms with E-state index in [4.69, 9.17) is 11.6 Å². The predicted octanol–water partition coefficient (Wildman–Crippen LogP) is 4.21. The molecule has 1 saturated heterocycles. The Morgan fingerprint density at radius 1 is 1.10 bits per heavy atom. The highest BCUT2D eigenvalue weighted by atomic mass is 35.5. The zero-order valence-corrected chi connectivity index (χ0v) is 17.7. The van der Waals surface area contributed by atoms with E-state index >= 15 is 0 Å². The van der Waals surface area contributed by atoms with Gasteiger partial charge in [0.2, 0.25) is 10.0 Å². The number of halogens is 3. The van der Waals surface area contributed by atoms with E-state index < -0.39 is 32.5 Å². The molecule has 9 heteroatoms. The molecular weight excluding hydrogens is 434 g/mol. The third-order valence-corrected chi connectivity index (χ3v) is 7.77. The molecule has 0 bridgehead atoms. The lowest BCUT2D eigenvalue weighted by molar-refractivity contribution is 0.0728. The number of carbonyl (C=O) groups is 1. The van der Waals surface area contributed by atoms with Crippen molar-refractivity contribution in [1.29, 1.82) is 0 Å². The first-order valence-electron chi connectivity index (χ1n) is 9.82. The fraction of sp³-hybridized carbons (Fsp3) is 0.381. The second-order valence-corrected chi connectivity index (χ2v) is 9.93. The summed E-state index contributed by atoms with van der Waals surface area (Å²) < 4.78 is 55.5. The largest absolute Gasteiger partial charge is 0.331 e. The molecule has 0 N–H and O–H groups in total. The quantitative estimate of drug-likeness (QED) is 0.657. The second kappa shape index (κ2) is 8.24. The monoisotopic (exact) mass is 454 g/mol. The lowest BCUT2D eigenvalue weighted by Crippen LogP contribution is -2.33. The lowest BCUT2D eigenvalue weighted by Gasteiger charge is -2.24. The number of hydrogen-bond donors (Lipinski definition) is 0. The van der Waals surface area contributed by atoms with Crippen LogP contribution in [-0.2, 0) is 16.6 Å². The Morgan fingerprint density at radius 3 is 2.43 bits per heavy atom. The summed E-state index contributed by atoms with van der Waals surface area (Å²) in [6, 6.07) is 7.57. The molecule has 1 aliphatic carbocycles. The van der Waals surface area contributed by atoms with E-state index in [-0.39, 0.29) is 28.7 Å². The van der Waals surface area contributed by atoms with Crippen molar-refractivity contribution in [3.8, 4) is 0 Å². The lowest BCUT2D eigenvalue weighted by atomic mass is 10.1. The average Bonchev–Trinajstić information content (AvgIpc) is 3.38. The fourth-order valence-corrected chi connectivity index (χ4v) is 5.50. The van der Waals surface area contributed by atoms with Crippen molar-refractivity contribution in [3.05, 3.63) is 64.2 Å². The van der Waals surface area contributed by atoms with Crippen LogP contribution in [0, 0.1) is 11.6 Å². The van der Waals surface area contributed by atoms with E-state index in [0.717, 1.165) is 37.8 Å². The summed E-state index contributed by atoms with van der Waals surface area (Å²) in [4.78, 5) is 14.2. The number of amides is 1. The maximum atomic E-state index is 14.4. The highest BCUT2D eigenvalue weighted by Gasteiger charge is 2.35. The number of benzene rings is 2. The predicted molar refractivity (Wildman–Crippen MR) is 109 cm³/mol. The van der Waals surface area contributed by atoms with Crippen LogP contribution in [-0.4, -0.2) is 42.7 Å². The van der Waals surface area contributed by atoms with Crippen LogP contribution >= 0.6 is 11.6 Å². The molecule has 1 heterocycles. The Kier molecular flexibility index (Phi) is 5.83. The van der Waals surface area contributed by atoms with Crippen LogP contribution in [0.25, 0.3) is 0 Å². The minimum atomic E-state index is -4.02. The Bertz CT molecular complexity index is 1060. The smallest absolute Gasteiger partial charge is 0.254 e. The molecule has 2 aromatic carbocycles. The normalized spacial score (nSPS) is 17.3. The molecule has 2 aromatic rings. The summed E-state index contributed by atoms with van der Waals surface area (Å²) in [6.45, 7) is 0.625. The molecule has 2 fully saturated rings. The number of rotatable bonds is 6. The molecule has 0 radical (unpaired) electrons. The van der Waals surface area contributed by atoms with Crippen LogP contribution in [0.4, 0.5) is 8.78 Å². The van der Waals surface area contributed by atoms with Crippen LogP contribution in [0.5, 0.6) is 0 Å². The van der Waals surface area contributed by atoms with E-state index in [0.29, 0.717) is 13.1 Å². The van der Waals surface area contributed by atoms with Gasteiger partial charge in [-0.05, 0) is 56.0 Å². The minimum Gasteiger partial charge on any atom is -0.331 e. The van der Waals surface area contributed by atoms with E-state index in [1.807, 2.05) is 0 Å². The first-order valence-corrected chi connectivity index (χ1v) is 11.6. The zero-order chi connectivity index (χ0) is 21.5. The SMILES string of the molecule is O=C(c1ccc(F)c(S(=O)(=O)N2CCCC2)c1)N(Cc1c(F)cccc1Cl)C1CC1. The van der Waals surface area contributed by atoms with Gasteiger partial charge in [-0.1, -0.05) is 17.7 Å². The van der Waals surface area contributed by atoms with Gasteiger partial charge < -0.3 is 4.90 Å². The molecule has 0 unspecified atom stereocenters. The molecule has 4 rings (SSSR count). The maximum absolute atomic E-state index is 14.4. The molecule has 0 aromatic heterocycles. The van der Waals surface area contributed by atoms with E-state index in [9.17, 15) is 22.0 Å². The van der Waals surface area contributed by atoms with Gasteiger partial charge in [-0.3, -0.25) is 4.79 Å². The molecular formula is C21H21ClF2N2O3S. The minimum absolute atomic E-state index is 0.0411. The molecule has 0 atom stereocenters. The van der Waals surface area contributed by atoms with Gasteiger partial charge in [-0.15, -0.1) is 0 Å². The summed E-state index contributed by atoms with van der Waals surface area (Å²) in [5.41, 5.74) is 0.250. The second-order valence-electron chi connectivity index (χ2n) is 7.62.